The van der Waals surface area contributed by atoms with E-state index in [1.54, 1.807) is 0 Å². The quantitative estimate of drug-likeness (QED) is 0.474. The van der Waals surface area contributed by atoms with Gasteiger partial charge in [0.25, 0.3) is 0 Å². The second-order valence-corrected chi connectivity index (χ2v) is 4.93. The van der Waals surface area contributed by atoms with Gasteiger partial charge in [0.05, 0.1) is 4.92 Å². The molecule has 5 nitrogen and oxygen atoms in total. The lowest BCUT2D eigenvalue weighted by molar-refractivity contribution is -0.385. The first-order valence-electron chi connectivity index (χ1n) is 5.71. The van der Waals surface area contributed by atoms with Crippen LogP contribution in [0.1, 0.15) is 15.9 Å². The number of halogens is 1. The zero-order chi connectivity index (χ0) is 14.5. The third-order valence-corrected chi connectivity index (χ3v) is 3.15. The standard InChI is InChI=1S/C14H10BrNO4/c15-12-4-1-10(2-5-12)9-20-14-7-11(8-17)3-6-13(14)16(18)19/h1-8H,9H2. The molecule has 0 radical (unpaired) electrons. The summed E-state index contributed by atoms with van der Waals surface area (Å²) in [6, 6.07) is 11.4. The van der Waals surface area contributed by atoms with Gasteiger partial charge < -0.3 is 4.74 Å². The van der Waals surface area contributed by atoms with Crippen molar-refractivity contribution in [3.63, 3.8) is 0 Å². The molecule has 0 atom stereocenters. The van der Waals surface area contributed by atoms with E-state index < -0.39 is 4.92 Å². The van der Waals surface area contributed by atoms with Crippen molar-refractivity contribution in [1.29, 1.82) is 0 Å². The SMILES string of the molecule is O=Cc1ccc([N+](=O)[O-])c(OCc2ccc(Br)cc2)c1. The van der Waals surface area contributed by atoms with Crippen LogP contribution in [0, 0.1) is 10.1 Å². The minimum atomic E-state index is -0.536. The Bertz CT molecular complexity index is 640. The maximum atomic E-state index is 10.9. The van der Waals surface area contributed by atoms with Gasteiger partial charge in [0.2, 0.25) is 0 Å². The lowest BCUT2D eigenvalue weighted by Gasteiger charge is -2.07. The number of carbonyl (C=O) groups is 1. The van der Waals surface area contributed by atoms with Crippen LogP contribution >= 0.6 is 15.9 Å². The van der Waals surface area contributed by atoms with Crippen LogP contribution in [0.15, 0.2) is 46.9 Å². The zero-order valence-corrected chi connectivity index (χ0v) is 11.9. The van der Waals surface area contributed by atoms with E-state index in [1.807, 2.05) is 24.3 Å². The van der Waals surface area contributed by atoms with E-state index in [4.69, 9.17) is 4.74 Å². The lowest BCUT2D eigenvalue weighted by Crippen LogP contribution is -2.00. The number of benzene rings is 2. The minimum absolute atomic E-state index is 0.0857. The van der Waals surface area contributed by atoms with Crippen molar-refractivity contribution < 1.29 is 14.5 Å². The maximum Gasteiger partial charge on any atom is 0.310 e. The van der Waals surface area contributed by atoms with Gasteiger partial charge in [-0.3, -0.25) is 14.9 Å². The number of rotatable bonds is 5. The van der Waals surface area contributed by atoms with Crippen molar-refractivity contribution in [2.24, 2.45) is 0 Å². The van der Waals surface area contributed by atoms with Gasteiger partial charge in [0.15, 0.2) is 5.75 Å². The van der Waals surface area contributed by atoms with Crippen LogP contribution in [0.2, 0.25) is 0 Å². The molecule has 0 aliphatic heterocycles. The molecule has 0 aliphatic carbocycles. The summed E-state index contributed by atoms with van der Waals surface area (Å²) in [6.45, 7) is 0.191. The highest BCUT2D eigenvalue weighted by Gasteiger charge is 2.15. The van der Waals surface area contributed by atoms with Gasteiger partial charge in [-0.1, -0.05) is 28.1 Å². The Balaban J connectivity index is 2.20. The molecule has 0 heterocycles. The molecule has 0 bridgehead atoms. The molecule has 2 rings (SSSR count). The fourth-order valence-corrected chi connectivity index (χ4v) is 1.88. The molecule has 0 spiro atoms. The summed E-state index contributed by atoms with van der Waals surface area (Å²) in [7, 11) is 0. The molecule has 0 aromatic heterocycles. The van der Waals surface area contributed by atoms with Crippen LogP contribution in [0.3, 0.4) is 0 Å². The fourth-order valence-electron chi connectivity index (χ4n) is 1.61. The number of ether oxygens (including phenoxy) is 1. The lowest BCUT2D eigenvalue weighted by atomic mass is 10.2. The van der Waals surface area contributed by atoms with E-state index >= 15 is 0 Å². The molecule has 20 heavy (non-hydrogen) atoms. The molecule has 0 N–H and O–H groups in total. The third-order valence-electron chi connectivity index (χ3n) is 2.62. The summed E-state index contributed by atoms with van der Waals surface area (Å²) in [4.78, 5) is 21.1. The van der Waals surface area contributed by atoms with Crippen LogP contribution in [0.5, 0.6) is 5.75 Å². The van der Waals surface area contributed by atoms with Crippen molar-refractivity contribution in [3.05, 3.63) is 68.2 Å². The largest absolute Gasteiger partial charge is 0.482 e. The van der Waals surface area contributed by atoms with Crippen molar-refractivity contribution in [2.45, 2.75) is 6.61 Å². The van der Waals surface area contributed by atoms with Crippen LogP contribution in [0.4, 0.5) is 5.69 Å². The molecule has 0 saturated heterocycles. The summed E-state index contributed by atoms with van der Waals surface area (Å²) in [6.07, 6.45) is 0.621. The topological polar surface area (TPSA) is 69.4 Å². The van der Waals surface area contributed by atoms with E-state index in [0.29, 0.717) is 11.8 Å². The number of nitro benzene ring substituents is 1. The molecular weight excluding hydrogens is 326 g/mol. The number of aldehydes is 1. The third kappa shape index (κ3) is 3.42. The van der Waals surface area contributed by atoms with Gasteiger partial charge in [-0.05, 0) is 29.8 Å². The molecular formula is C14H10BrNO4. The molecule has 0 aliphatic rings. The molecule has 0 amide bonds. The van der Waals surface area contributed by atoms with E-state index in [1.165, 1.54) is 18.2 Å². The van der Waals surface area contributed by atoms with Gasteiger partial charge >= 0.3 is 5.69 Å². The number of nitrogens with zero attached hydrogens (tertiary/aromatic N) is 1. The van der Waals surface area contributed by atoms with E-state index in [2.05, 4.69) is 15.9 Å². The molecule has 6 heteroatoms. The monoisotopic (exact) mass is 335 g/mol. The number of nitro groups is 1. The van der Waals surface area contributed by atoms with E-state index in [9.17, 15) is 14.9 Å². The van der Waals surface area contributed by atoms with Gasteiger partial charge in [-0.2, -0.15) is 0 Å². The zero-order valence-electron chi connectivity index (χ0n) is 10.3. The highest BCUT2D eigenvalue weighted by molar-refractivity contribution is 9.10. The Hall–Kier alpha value is -2.21. The van der Waals surface area contributed by atoms with Crippen LogP contribution in [0.25, 0.3) is 0 Å². The Kier molecular flexibility index (Phi) is 4.47. The van der Waals surface area contributed by atoms with Crippen molar-refractivity contribution in [1.82, 2.24) is 0 Å². The molecule has 0 fully saturated rings. The maximum absolute atomic E-state index is 10.9. The average molecular weight is 336 g/mol. The van der Waals surface area contributed by atoms with Crippen LogP contribution in [-0.4, -0.2) is 11.2 Å². The Morgan fingerprint density at radius 2 is 1.90 bits per heavy atom. The van der Waals surface area contributed by atoms with Gasteiger partial charge in [-0.15, -0.1) is 0 Å². The highest BCUT2D eigenvalue weighted by Crippen LogP contribution is 2.28. The predicted octanol–water partition coefficient (Wildman–Crippen LogP) is 3.75. The van der Waals surface area contributed by atoms with Crippen molar-refractivity contribution >= 4 is 27.9 Å². The number of hydrogen-bond donors (Lipinski definition) is 0. The molecule has 2 aromatic carbocycles. The smallest absolute Gasteiger partial charge is 0.310 e. The molecule has 0 unspecified atom stereocenters. The Labute approximate surface area is 123 Å². The first-order chi connectivity index (χ1) is 9.60. The Morgan fingerprint density at radius 3 is 2.50 bits per heavy atom. The van der Waals surface area contributed by atoms with Crippen LogP contribution < -0.4 is 4.74 Å². The first kappa shape index (κ1) is 14.2. The van der Waals surface area contributed by atoms with Crippen molar-refractivity contribution in [2.75, 3.05) is 0 Å². The summed E-state index contributed by atoms with van der Waals surface area (Å²) >= 11 is 3.32. The van der Waals surface area contributed by atoms with Crippen LogP contribution in [-0.2, 0) is 6.61 Å². The predicted molar refractivity (Wildman–Crippen MR) is 77.0 cm³/mol. The van der Waals surface area contributed by atoms with Gasteiger partial charge in [0.1, 0.15) is 12.9 Å². The summed E-state index contributed by atoms with van der Waals surface area (Å²) < 4.78 is 6.39. The average Bonchev–Trinajstić information content (AvgIpc) is 2.46. The van der Waals surface area contributed by atoms with Gasteiger partial charge in [0, 0.05) is 16.1 Å². The second kappa shape index (κ2) is 6.29. The second-order valence-electron chi connectivity index (χ2n) is 4.02. The van der Waals surface area contributed by atoms with E-state index in [0.717, 1.165) is 10.0 Å². The highest BCUT2D eigenvalue weighted by atomic mass is 79.9. The summed E-state index contributed by atoms with van der Waals surface area (Å²) in [5.74, 6) is 0.0857. The summed E-state index contributed by atoms with van der Waals surface area (Å²) in [5, 5.41) is 10.9. The van der Waals surface area contributed by atoms with E-state index in [-0.39, 0.29) is 18.0 Å². The molecule has 102 valence electrons. The molecule has 0 saturated carbocycles. The fraction of sp³-hybridized carbons (Fsp3) is 0.0714. The minimum Gasteiger partial charge on any atom is -0.482 e. The number of hydrogen-bond acceptors (Lipinski definition) is 4. The first-order valence-corrected chi connectivity index (χ1v) is 6.50. The van der Waals surface area contributed by atoms with Crippen molar-refractivity contribution in [3.8, 4) is 5.75 Å². The van der Waals surface area contributed by atoms with Gasteiger partial charge in [-0.25, -0.2) is 0 Å². The Morgan fingerprint density at radius 1 is 1.20 bits per heavy atom. The normalized spacial score (nSPS) is 10.1. The number of carbonyl (C=O) groups excluding carboxylic acids is 1. The molecule has 2 aromatic rings. The summed E-state index contributed by atoms with van der Waals surface area (Å²) in [5.41, 5.74) is 1.05.